The van der Waals surface area contributed by atoms with Crippen molar-refractivity contribution in [2.24, 2.45) is 28.0 Å². The van der Waals surface area contributed by atoms with Crippen molar-refractivity contribution in [3.8, 4) is 6.07 Å². The molecule has 10 heteroatoms. The minimum absolute atomic E-state index is 0.321. The van der Waals surface area contributed by atoms with E-state index >= 15 is 0 Å². The molecule has 0 fully saturated rings. The highest BCUT2D eigenvalue weighted by atomic mass is 32.1. The molecule has 274 valence electrons. The number of allylic oxidation sites excluding steroid dienone is 1. The third-order valence-corrected chi connectivity index (χ3v) is 8.31. The van der Waals surface area contributed by atoms with E-state index in [4.69, 9.17) is 21.5 Å². The summed E-state index contributed by atoms with van der Waals surface area (Å²) in [6.45, 7) is 27.8. The molecule has 0 aliphatic carbocycles. The lowest BCUT2D eigenvalue weighted by molar-refractivity contribution is 0.0428. The number of unbranched alkanes of at least 4 members (excludes halogenated alkanes) is 1. The first-order valence-corrected chi connectivity index (χ1v) is 18.6. The first-order chi connectivity index (χ1) is 23.8. The third-order valence-electron chi connectivity index (χ3n) is 7.46. The van der Waals surface area contributed by atoms with Gasteiger partial charge < -0.3 is 26.4 Å². The van der Waals surface area contributed by atoms with Crippen LogP contribution in [0.5, 0.6) is 0 Å². The number of carbonyl (C=O) groups is 1. The number of rotatable bonds is 16. The lowest BCUT2D eigenvalue weighted by Gasteiger charge is -2.30. The molecule has 2 aromatic carbocycles. The number of nitrogens with one attached hydrogen (secondary N) is 1. The van der Waals surface area contributed by atoms with Crippen molar-refractivity contribution in [1.82, 2.24) is 0 Å². The Hall–Kier alpha value is -4.36. The molecular formula is C40H61N7O2S. The third kappa shape index (κ3) is 15.5. The number of hydrogen-bond acceptors (Lipinski definition) is 10. The Morgan fingerprint density at radius 2 is 1.66 bits per heavy atom. The normalized spacial score (nSPS) is 11.3. The van der Waals surface area contributed by atoms with Gasteiger partial charge in [0.25, 0.3) is 0 Å². The molecule has 3 rings (SSSR count). The summed E-state index contributed by atoms with van der Waals surface area (Å²) in [4.78, 5) is 14.6. The van der Waals surface area contributed by atoms with Crippen LogP contribution in [0.2, 0.25) is 0 Å². The minimum Gasteiger partial charge on any atom is -0.462 e. The predicted molar refractivity (Wildman–Crippen MR) is 215 cm³/mol. The number of ether oxygens (including phenoxy) is 1. The Balaban J connectivity index is 0.000000491. The van der Waals surface area contributed by atoms with Crippen LogP contribution in [0, 0.1) is 36.0 Å². The summed E-state index contributed by atoms with van der Waals surface area (Å²) >= 11 is 1.20. The second-order valence-electron chi connectivity index (χ2n) is 13.1. The molecule has 0 radical (unpaired) electrons. The van der Waals surface area contributed by atoms with Gasteiger partial charge in [-0.1, -0.05) is 92.6 Å². The summed E-state index contributed by atoms with van der Waals surface area (Å²) in [5.74, 6) is 1.34. The van der Waals surface area contributed by atoms with Gasteiger partial charge in [0.2, 0.25) is 0 Å². The zero-order valence-corrected chi connectivity index (χ0v) is 32.9. The van der Waals surface area contributed by atoms with E-state index < -0.39 is 0 Å². The van der Waals surface area contributed by atoms with E-state index in [1.54, 1.807) is 30.3 Å². The van der Waals surface area contributed by atoms with E-state index in [9.17, 15) is 4.79 Å². The van der Waals surface area contributed by atoms with Crippen molar-refractivity contribution in [1.29, 1.82) is 5.26 Å². The molecule has 0 spiro atoms. The summed E-state index contributed by atoms with van der Waals surface area (Å²) in [7, 11) is 0. The standard InChI is InChI=1S/C20H24N4O2S.C18H31N3.C2H6/c1-3-5-6-14(4-2)13-26-20(25)15-7-9-17(10-8-15)23-24-18-11-16(12-21)19(22)27-18;1-12(2)10-21(11-13(3)4)18-9-17(20-14(5)6)16(19)8-15(18)7;1-2/h7-11,14H,3-6,13,22H2,1-2H3;8-9,12-13,20H,5,10-11,19H2,1-4,6-7H3;1-2H3. The fourth-order valence-electron chi connectivity index (χ4n) is 5.02. The molecule has 50 heavy (non-hydrogen) atoms. The number of esters is 1. The number of benzene rings is 2. The zero-order valence-electron chi connectivity index (χ0n) is 32.1. The zero-order chi connectivity index (χ0) is 37.8. The molecule has 9 nitrogen and oxygen atoms in total. The average molecular weight is 704 g/mol. The monoisotopic (exact) mass is 703 g/mol. The molecule has 0 aliphatic rings. The van der Waals surface area contributed by atoms with Crippen molar-refractivity contribution in [3.05, 3.63) is 71.4 Å². The number of nitrogen functional groups attached to an aromatic ring is 2. The smallest absolute Gasteiger partial charge is 0.338 e. The van der Waals surface area contributed by atoms with E-state index in [0.717, 1.165) is 55.8 Å². The Morgan fingerprint density at radius 1 is 1.04 bits per heavy atom. The second kappa shape index (κ2) is 23.1. The fraction of sp³-hybridized carbons (Fsp3) is 0.500. The number of nitrogens with two attached hydrogens (primary N) is 2. The van der Waals surface area contributed by atoms with Gasteiger partial charge in [0.15, 0.2) is 0 Å². The van der Waals surface area contributed by atoms with Crippen molar-refractivity contribution in [3.63, 3.8) is 0 Å². The van der Waals surface area contributed by atoms with E-state index in [2.05, 4.69) is 81.6 Å². The maximum Gasteiger partial charge on any atom is 0.338 e. The van der Waals surface area contributed by atoms with Gasteiger partial charge in [-0.15, -0.1) is 10.2 Å². The van der Waals surface area contributed by atoms with Gasteiger partial charge >= 0.3 is 5.97 Å². The highest BCUT2D eigenvalue weighted by Gasteiger charge is 2.15. The van der Waals surface area contributed by atoms with Crippen LogP contribution in [0.3, 0.4) is 0 Å². The number of anilines is 4. The predicted octanol–water partition coefficient (Wildman–Crippen LogP) is 11.7. The molecule has 1 unspecified atom stereocenters. The molecule has 1 heterocycles. The number of nitriles is 1. The fourth-order valence-corrected chi connectivity index (χ4v) is 5.72. The average Bonchev–Trinajstić information content (AvgIpc) is 3.44. The number of hydrogen-bond donors (Lipinski definition) is 3. The Bertz CT molecular complexity index is 1530. The lowest BCUT2D eigenvalue weighted by atomic mass is 10.0. The van der Waals surface area contributed by atoms with Crippen LogP contribution in [-0.4, -0.2) is 25.7 Å². The maximum atomic E-state index is 12.2. The lowest BCUT2D eigenvalue weighted by Crippen LogP contribution is -2.32. The van der Waals surface area contributed by atoms with E-state index in [-0.39, 0.29) is 5.97 Å². The summed E-state index contributed by atoms with van der Waals surface area (Å²) in [6, 6.07) is 14.6. The first kappa shape index (κ1) is 43.7. The van der Waals surface area contributed by atoms with Crippen molar-refractivity contribution >= 4 is 50.1 Å². The quantitative estimate of drug-likeness (QED) is 0.0765. The number of thiophene rings is 1. The van der Waals surface area contributed by atoms with E-state index in [1.165, 1.54) is 22.6 Å². The van der Waals surface area contributed by atoms with Crippen LogP contribution in [0.1, 0.15) is 109 Å². The Labute approximate surface area is 305 Å². The van der Waals surface area contributed by atoms with Gasteiger partial charge in [-0.25, -0.2) is 4.79 Å². The van der Waals surface area contributed by atoms with E-state index in [0.29, 0.717) is 51.2 Å². The minimum atomic E-state index is -0.321. The van der Waals surface area contributed by atoms with Crippen LogP contribution >= 0.6 is 11.3 Å². The molecule has 0 aliphatic heterocycles. The topological polar surface area (TPSA) is 142 Å². The van der Waals surface area contributed by atoms with Gasteiger partial charge in [-0.2, -0.15) is 5.26 Å². The molecule has 1 atom stereocenters. The van der Waals surface area contributed by atoms with Crippen LogP contribution in [0.4, 0.5) is 32.8 Å². The molecule has 0 saturated carbocycles. The van der Waals surface area contributed by atoms with Gasteiger partial charge in [0.05, 0.1) is 34.8 Å². The molecule has 5 N–H and O–H groups in total. The number of azo groups is 1. The van der Waals surface area contributed by atoms with Crippen LogP contribution in [0.15, 0.2) is 65.0 Å². The Kier molecular flexibility index (Phi) is 20.2. The van der Waals surface area contributed by atoms with Gasteiger partial charge in [0.1, 0.15) is 16.1 Å². The van der Waals surface area contributed by atoms with Gasteiger partial charge in [-0.05, 0) is 86.1 Å². The molecule has 0 bridgehead atoms. The largest absolute Gasteiger partial charge is 0.462 e. The van der Waals surface area contributed by atoms with Crippen LogP contribution in [0.25, 0.3) is 0 Å². The van der Waals surface area contributed by atoms with Crippen molar-refractivity contribution in [2.75, 3.05) is 41.4 Å². The highest BCUT2D eigenvalue weighted by Crippen LogP contribution is 2.33. The van der Waals surface area contributed by atoms with Crippen molar-refractivity contribution < 1.29 is 9.53 Å². The second-order valence-corrected chi connectivity index (χ2v) is 14.1. The number of aryl methyl sites for hydroxylation is 1. The maximum absolute atomic E-state index is 12.2. The summed E-state index contributed by atoms with van der Waals surface area (Å²) in [6.07, 6.45) is 4.39. The molecule has 1 aromatic heterocycles. The summed E-state index contributed by atoms with van der Waals surface area (Å²) in [5.41, 5.74) is 18.4. The summed E-state index contributed by atoms with van der Waals surface area (Å²) in [5, 5.41) is 21.3. The SMILES string of the molecule is C=C(C)Nc1cc(N(CC(C)C)CC(C)C)c(C)cc1N.CC.CCCCC(CC)COC(=O)c1ccc(N=Nc2cc(C#N)c(N)s2)cc1. The van der Waals surface area contributed by atoms with Crippen molar-refractivity contribution in [2.45, 2.75) is 94.9 Å². The van der Waals surface area contributed by atoms with Gasteiger partial charge in [0, 0.05) is 24.5 Å². The number of carbonyl (C=O) groups excluding carboxylic acids is 1. The highest BCUT2D eigenvalue weighted by molar-refractivity contribution is 7.19. The van der Waals surface area contributed by atoms with Crippen LogP contribution in [-0.2, 0) is 4.74 Å². The first-order valence-electron chi connectivity index (χ1n) is 17.8. The molecule has 3 aromatic rings. The van der Waals surface area contributed by atoms with Crippen LogP contribution < -0.4 is 21.7 Å². The summed E-state index contributed by atoms with van der Waals surface area (Å²) < 4.78 is 5.44. The van der Waals surface area contributed by atoms with Gasteiger partial charge in [-0.3, -0.25) is 0 Å². The molecule has 0 saturated heterocycles. The molecule has 0 amide bonds. The van der Waals surface area contributed by atoms with E-state index in [1.807, 2.05) is 32.9 Å². The Morgan fingerprint density at radius 3 is 2.16 bits per heavy atom. The molecular weight excluding hydrogens is 643 g/mol. The number of nitrogens with zero attached hydrogens (tertiary/aromatic N) is 4.